The number of hydrogen-bond acceptors (Lipinski definition) is 2. The van der Waals surface area contributed by atoms with Gasteiger partial charge in [-0.3, -0.25) is 4.79 Å². The predicted octanol–water partition coefficient (Wildman–Crippen LogP) is 4.38. The lowest BCUT2D eigenvalue weighted by Crippen LogP contribution is -2.44. The topological polar surface area (TPSA) is 29.5 Å². The van der Waals surface area contributed by atoms with Crippen LogP contribution in [0.25, 0.3) is 10.8 Å². The van der Waals surface area contributed by atoms with Crippen molar-refractivity contribution in [3.8, 4) is 5.75 Å². The van der Waals surface area contributed by atoms with Crippen LogP contribution < -0.4 is 4.74 Å². The molecule has 2 aromatic carbocycles. The third-order valence-electron chi connectivity index (χ3n) is 4.26. The number of halogens is 1. The van der Waals surface area contributed by atoms with Crippen LogP contribution in [0.15, 0.2) is 40.9 Å². The molecule has 1 aliphatic heterocycles. The SMILES string of the molecule is C[C@@H]1CCCCN1C(=O)COc1ccc2cc(Br)ccc2c1. The first kappa shape index (κ1) is 15.3. The maximum absolute atomic E-state index is 12.3. The first-order valence-electron chi connectivity index (χ1n) is 7.75. The number of rotatable bonds is 3. The molecule has 3 nitrogen and oxygen atoms in total. The first-order chi connectivity index (χ1) is 10.6. The average Bonchev–Trinajstić information content (AvgIpc) is 2.53. The Kier molecular flexibility index (Phi) is 4.67. The molecule has 0 aliphatic carbocycles. The third kappa shape index (κ3) is 3.43. The lowest BCUT2D eigenvalue weighted by atomic mass is 10.0. The highest BCUT2D eigenvalue weighted by Gasteiger charge is 2.23. The summed E-state index contributed by atoms with van der Waals surface area (Å²) in [6.07, 6.45) is 3.41. The van der Waals surface area contributed by atoms with Crippen LogP contribution in [0.5, 0.6) is 5.75 Å². The summed E-state index contributed by atoms with van der Waals surface area (Å²) in [4.78, 5) is 14.2. The molecule has 1 fully saturated rings. The molecule has 116 valence electrons. The molecule has 1 aliphatic rings. The first-order valence-corrected chi connectivity index (χ1v) is 8.54. The number of ether oxygens (including phenoxy) is 1. The van der Waals surface area contributed by atoms with E-state index in [0.29, 0.717) is 6.04 Å². The summed E-state index contributed by atoms with van der Waals surface area (Å²) in [5, 5.41) is 2.26. The van der Waals surface area contributed by atoms with Crippen molar-refractivity contribution >= 4 is 32.6 Å². The van der Waals surface area contributed by atoms with E-state index in [-0.39, 0.29) is 12.5 Å². The molecule has 1 saturated heterocycles. The fourth-order valence-corrected chi connectivity index (χ4v) is 3.36. The van der Waals surface area contributed by atoms with Crippen LogP contribution in [0.2, 0.25) is 0 Å². The fourth-order valence-electron chi connectivity index (χ4n) is 2.98. The van der Waals surface area contributed by atoms with E-state index in [9.17, 15) is 4.79 Å². The van der Waals surface area contributed by atoms with Crippen molar-refractivity contribution in [2.24, 2.45) is 0 Å². The number of hydrogen-bond donors (Lipinski definition) is 0. The lowest BCUT2D eigenvalue weighted by Gasteiger charge is -2.33. The van der Waals surface area contributed by atoms with Gasteiger partial charge in [0.25, 0.3) is 5.91 Å². The van der Waals surface area contributed by atoms with E-state index in [1.165, 1.54) is 6.42 Å². The molecular formula is C18H20BrNO2. The molecule has 1 heterocycles. The molecule has 0 N–H and O–H groups in total. The highest BCUT2D eigenvalue weighted by atomic mass is 79.9. The van der Waals surface area contributed by atoms with Gasteiger partial charge in [-0.25, -0.2) is 0 Å². The average molecular weight is 362 g/mol. The Labute approximate surface area is 139 Å². The van der Waals surface area contributed by atoms with Gasteiger partial charge in [-0.15, -0.1) is 0 Å². The van der Waals surface area contributed by atoms with Gasteiger partial charge < -0.3 is 9.64 Å². The second kappa shape index (κ2) is 6.69. The minimum atomic E-state index is 0.0862. The normalized spacial score (nSPS) is 18.5. The second-order valence-corrected chi connectivity index (χ2v) is 6.79. The number of carbonyl (C=O) groups excluding carboxylic acids is 1. The van der Waals surface area contributed by atoms with Crippen LogP contribution in [0.4, 0.5) is 0 Å². The zero-order chi connectivity index (χ0) is 15.5. The maximum Gasteiger partial charge on any atom is 0.260 e. The monoisotopic (exact) mass is 361 g/mol. The molecular weight excluding hydrogens is 342 g/mol. The Morgan fingerprint density at radius 1 is 1.23 bits per heavy atom. The van der Waals surface area contributed by atoms with E-state index in [0.717, 1.165) is 40.4 Å². The molecule has 0 saturated carbocycles. The zero-order valence-electron chi connectivity index (χ0n) is 12.7. The van der Waals surface area contributed by atoms with E-state index < -0.39 is 0 Å². The summed E-state index contributed by atoms with van der Waals surface area (Å²) in [7, 11) is 0. The maximum atomic E-state index is 12.3. The van der Waals surface area contributed by atoms with E-state index in [1.54, 1.807) is 0 Å². The smallest absolute Gasteiger partial charge is 0.260 e. The Bertz CT molecular complexity index is 686. The summed E-state index contributed by atoms with van der Waals surface area (Å²) < 4.78 is 6.76. The third-order valence-corrected chi connectivity index (χ3v) is 4.75. The molecule has 0 bridgehead atoms. The lowest BCUT2D eigenvalue weighted by molar-refractivity contribution is -0.136. The summed E-state index contributed by atoms with van der Waals surface area (Å²) in [6.45, 7) is 3.09. The molecule has 0 spiro atoms. The summed E-state index contributed by atoms with van der Waals surface area (Å²) in [5.41, 5.74) is 0. The van der Waals surface area contributed by atoms with Crippen LogP contribution in [0, 0.1) is 0 Å². The minimum absolute atomic E-state index is 0.0862. The number of carbonyl (C=O) groups is 1. The van der Waals surface area contributed by atoms with Crippen LogP contribution in [0.1, 0.15) is 26.2 Å². The summed E-state index contributed by atoms with van der Waals surface area (Å²) in [5.74, 6) is 0.830. The zero-order valence-corrected chi connectivity index (χ0v) is 14.3. The van der Waals surface area contributed by atoms with Gasteiger partial charge in [-0.1, -0.05) is 28.1 Å². The Morgan fingerprint density at radius 2 is 2.00 bits per heavy atom. The van der Waals surface area contributed by atoms with Crippen LogP contribution in [-0.2, 0) is 4.79 Å². The van der Waals surface area contributed by atoms with Crippen molar-refractivity contribution in [2.45, 2.75) is 32.2 Å². The number of benzene rings is 2. The van der Waals surface area contributed by atoms with Crippen molar-refractivity contribution in [1.82, 2.24) is 4.90 Å². The van der Waals surface area contributed by atoms with Crippen molar-refractivity contribution in [3.63, 3.8) is 0 Å². The van der Waals surface area contributed by atoms with E-state index in [1.807, 2.05) is 35.2 Å². The molecule has 3 rings (SSSR count). The van der Waals surface area contributed by atoms with Gasteiger partial charge >= 0.3 is 0 Å². The minimum Gasteiger partial charge on any atom is -0.484 e. The van der Waals surface area contributed by atoms with E-state index in [2.05, 4.69) is 28.9 Å². The number of amides is 1. The summed E-state index contributed by atoms with van der Waals surface area (Å²) >= 11 is 3.47. The van der Waals surface area contributed by atoms with E-state index in [4.69, 9.17) is 4.74 Å². The van der Waals surface area contributed by atoms with E-state index >= 15 is 0 Å². The molecule has 1 amide bonds. The number of likely N-dealkylation sites (tertiary alicyclic amines) is 1. The molecule has 1 atom stereocenters. The predicted molar refractivity (Wildman–Crippen MR) is 92.2 cm³/mol. The van der Waals surface area contributed by atoms with Crippen LogP contribution in [-0.4, -0.2) is 30.0 Å². The second-order valence-electron chi connectivity index (χ2n) is 5.87. The van der Waals surface area contributed by atoms with Crippen molar-refractivity contribution < 1.29 is 9.53 Å². The molecule has 0 unspecified atom stereocenters. The van der Waals surface area contributed by atoms with Crippen LogP contribution in [0.3, 0.4) is 0 Å². The molecule has 0 aromatic heterocycles. The fraction of sp³-hybridized carbons (Fsp3) is 0.389. The number of piperidine rings is 1. The molecule has 22 heavy (non-hydrogen) atoms. The highest BCUT2D eigenvalue weighted by molar-refractivity contribution is 9.10. The van der Waals surface area contributed by atoms with Gasteiger partial charge in [-0.05, 0) is 61.2 Å². The molecule has 0 radical (unpaired) electrons. The Hall–Kier alpha value is -1.55. The highest BCUT2D eigenvalue weighted by Crippen LogP contribution is 2.24. The van der Waals surface area contributed by atoms with Gasteiger partial charge in [0.2, 0.25) is 0 Å². The van der Waals surface area contributed by atoms with Gasteiger partial charge in [0, 0.05) is 17.1 Å². The van der Waals surface area contributed by atoms with Crippen molar-refractivity contribution in [1.29, 1.82) is 0 Å². The Morgan fingerprint density at radius 3 is 2.82 bits per heavy atom. The van der Waals surface area contributed by atoms with Gasteiger partial charge in [-0.2, -0.15) is 0 Å². The van der Waals surface area contributed by atoms with Crippen molar-refractivity contribution in [2.75, 3.05) is 13.2 Å². The van der Waals surface area contributed by atoms with Crippen molar-refractivity contribution in [3.05, 3.63) is 40.9 Å². The van der Waals surface area contributed by atoms with Crippen LogP contribution >= 0.6 is 15.9 Å². The van der Waals surface area contributed by atoms with Gasteiger partial charge in [0.05, 0.1) is 0 Å². The number of fused-ring (bicyclic) bond motifs is 1. The summed E-state index contributed by atoms with van der Waals surface area (Å²) in [6, 6.07) is 12.4. The number of nitrogens with zero attached hydrogens (tertiary/aromatic N) is 1. The standard InChI is InChI=1S/C18H20BrNO2/c1-13-4-2-3-9-20(13)18(21)12-22-17-8-6-14-10-16(19)7-5-15(14)11-17/h5-8,10-11,13H,2-4,9,12H2,1H3/t13-/m1/s1. The molecule has 2 aromatic rings. The Balaban J connectivity index is 1.65. The quantitative estimate of drug-likeness (QED) is 0.811. The van der Waals surface area contributed by atoms with Gasteiger partial charge in [0.1, 0.15) is 5.75 Å². The van der Waals surface area contributed by atoms with Gasteiger partial charge in [0.15, 0.2) is 6.61 Å². The largest absolute Gasteiger partial charge is 0.484 e. The molecule has 4 heteroatoms.